The quantitative estimate of drug-likeness (QED) is 0.835. The summed E-state index contributed by atoms with van der Waals surface area (Å²) in [5.41, 5.74) is 3.35. The van der Waals surface area contributed by atoms with Gasteiger partial charge < -0.3 is 5.11 Å². The van der Waals surface area contributed by atoms with Gasteiger partial charge >= 0.3 is 0 Å². The van der Waals surface area contributed by atoms with Crippen molar-refractivity contribution in [3.63, 3.8) is 0 Å². The largest absolute Gasteiger partial charge is 0.507 e. The van der Waals surface area contributed by atoms with Crippen LogP contribution >= 0.6 is 0 Å². The number of hydrogen-bond donors (Lipinski definition) is 1. The maximum Gasteiger partial charge on any atom is 0.178 e. The van der Waals surface area contributed by atoms with Crippen molar-refractivity contribution in [1.82, 2.24) is 0 Å². The van der Waals surface area contributed by atoms with Crippen molar-refractivity contribution >= 4 is 17.2 Å². The third kappa shape index (κ3) is 3.48. The molecule has 0 aromatic heterocycles. The predicted molar refractivity (Wildman–Crippen MR) is 86.7 cm³/mol. The summed E-state index contributed by atoms with van der Waals surface area (Å²) < 4.78 is 0. The first-order valence-corrected chi connectivity index (χ1v) is 7.24. The van der Waals surface area contributed by atoms with Gasteiger partial charge in [-0.05, 0) is 59.4 Å². The second-order valence-corrected chi connectivity index (χ2v) is 5.89. The average molecular weight is 283 g/mol. The van der Waals surface area contributed by atoms with Crippen LogP contribution in [0.5, 0.6) is 5.75 Å². The number of aromatic hydroxyl groups is 1. The molecule has 3 heteroatoms. The molecule has 1 N–H and O–H groups in total. The van der Waals surface area contributed by atoms with Crippen LogP contribution in [-0.2, 0) is 4.79 Å². The molecule has 0 spiro atoms. The van der Waals surface area contributed by atoms with E-state index in [0.29, 0.717) is 5.75 Å². The first kappa shape index (κ1) is 15.2. The van der Waals surface area contributed by atoms with Crippen LogP contribution < -0.4 is 0 Å². The van der Waals surface area contributed by atoms with Crippen LogP contribution in [0.3, 0.4) is 0 Å². The third-order valence-corrected chi connectivity index (χ3v) is 3.49. The summed E-state index contributed by atoms with van der Waals surface area (Å²) >= 11 is 0. The van der Waals surface area contributed by atoms with Gasteiger partial charge in [0.1, 0.15) is 5.75 Å². The number of aliphatic imine (C=N–C) groups is 1. The monoisotopic (exact) mass is 283 g/mol. The van der Waals surface area contributed by atoms with E-state index in [0.717, 1.165) is 22.5 Å². The Kier molecular flexibility index (Phi) is 4.41. The van der Waals surface area contributed by atoms with Gasteiger partial charge in [0, 0.05) is 0 Å². The van der Waals surface area contributed by atoms with Crippen molar-refractivity contribution in [2.45, 2.75) is 39.5 Å². The van der Waals surface area contributed by atoms with E-state index in [9.17, 15) is 9.90 Å². The lowest BCUT2D eigenvalue weighted by molar-refractivity contribution is -0.110. The number of nitrogens with zero attached hydrogens (tertiary/aromatic N) is 1. The Balaban J connectivity index is 2.50. The van der Waals surface area contributed by atoms with Gasteiger partial charge in [-0.1, -0.05) is 27.7 Å². The number of hydrogen-bond acceptors (Lipinski definition) is 3. The highest BCUT2D eigenvalue weighted by Crippen LogP contribution is 2.37. The highest BCUT2D eigenvalue weighted by molar-refractivity contribution is 6.17. The first-order chi connectivity index (χ1) is 9.88. The molecule has 1 aliphatic carbocycles. The number of allylic oxidation sites excluding steroid dienone is 4. The zero-order chi connectivity index (χ0) is 15.6. The zero-order valence-corrected chi connectivity index (χ0v) is 12.9. The van der Waals surface area contributed by atoms with E-state index in [-0.39, 0.29) is 17.6 Å². The Labute approximate surface area is 125 Å². The van der Waals surface area contributed by atoms with E-state index in [1.54, 1.807) is 12.2 Å². The van der Waals surface area contributed by atoms with Crippen molar-refractivity contribution in [2.24, 2.45) is 4.99 Å². The van der Waals surface area contributed by atoms with Gasteiger partial charge in [0.15, 0.2) is 5.78 Å². The lowest BCUT2D eigenvalue weighted by atomic mass is 9.93. The van der Waals surface area contributed by atoms with E-state index in [2.05, 4.69) is 32.7 Å². The molecule has 1 aliphatic rings. The minimum Gasteiger partial charge on any atom is -0.507 e. The van der Waals surface area contributed by atoms with Crippen LogP contribution in [0, 0.1) is 0 Å². The molecule has 0 fully saturated rings. The Morgan fingerprint density at radius 2 is 1.38 bits per heavy atom. The molecule has 1 aromatic rings. The van der Waals surface area contributed by atoms with Gasteiger partial charge in [-0.3, -0.25) is 4.79 Å². The van der Waals surface area contributed by atoms with E-state index in [1.807, 2.05) is 12.1 Å². The van der Waals surface area contributed by atoms with Gasteiger partial charge in [0.05, 0.1) is 11.4 Å². The van der Waals surface area contributed by atoms with Crippen LogP contribution in [0.2, 0.25) is 0 Å². The van der Waals surface area contributed by atoms with Gasteiger partial charge in [0.2, 0.25) is 0 Å². The third-order valence-electron chi connectivity index (χ3n) is 3.49. The minimum absolute atomic E-state index is 0.0228. The maximum atomic E-state index is 11.1. The number of phenols is 1. The van der Waals surface area contributed by atoms with E-state index in [1.165, 1.54) is 12.2 Å². The van der Waals surface area contributed by atoms with Gasteiger partial charge in [-0.2, -0.15) is 0 Å². The summed E-state index contributed by atoms with van der Waals surface area (Å²) in [6.07, 6.45) is 6.43. The molecule has 0 heterocycles. The number of benzene rings is 1. The second-order valence-electron chi connectivity index (χ2n) is 5.89. The molecule has 21 heavy (non-hydrogen) atoms. The molecule has 0 saturated heterocycles. The fourth-order valence-corrected chi connectivity index (χ4v) is 2.28. The second kappa shape index (κ2) is 6.08. The Morgan fingerprint density at radius 3 is 1.81 bits per heavy atom. The standard InChI is InChI=1S/C18H21NO2/c1-11(2)16-9-14(10-17(12(3)4)18(16)21)19-13-5-7-15(20)8-6-13/h5-12,21H,1-4H3. The van der Waals surface area contributed by atoms with E-state index in [4.69, 9.17) is 0 Å². The number of carbonyl (C=O) groups excluding carboxylic acids is 1. The van der Waals surface area contributed by atoms with Gasteiger partial charge in [-0.15, -0.1) is 0 Å². The van der Waals surface area contributed by atoms with Crippen LogP contribution in [0.1, 0.15) is 50.7 Å². The Hall–Kier alpha value is -2.16. The minimum atomic E-state index is -0.0228. The molecule has 110 valence electrons. The molecule has 0 unspecified atom stereocenters. The average Bonchev–Trinajstić information content (AvgIpc) is 2.42. The maximum absolute atomic E-state index is 11.1. The summed E-state index contributed by atoms with van der Waals surface area (Å²) in [4.78, 5) is 15.7. The first-order valence-electron chi connectivity index (χ1n) is 7.24. The zero-order valence-electron chi connectivity index (χ0n) is 12.9. The smallest absolute Gasteiger partial charge is 0.178 e. The molecule has 0 amide bonds. The molecule has 3 nitrogen and oxygen atoms in total. The molecule has 0 aliphatic heterocycles. The summed E-state index contributed by atoms with van der Waals surface area (Å²) in [5.74, 6) is 0.794. The van der Waals surface area contributed by atoms with Crippen LogP contribution in [-0.4, -0.2) is 16.6 Å². The van der Waals surface area contributed by atoms with Crippen molar-refractivity contribution in [1.29, 1.82) is 0 Å². The van der Waals surface area contributed by atoms with Crippen molar-refractivity contribution in [3.8, 4) is 5.75 Å². The van der Waals surface area contributed by atoms with E-state index < -0.39 is 0 Å². The lowest BCUT2D eigenvalue weighted by Gasteiger charge is -2.16. The molecule has 0 saturated carbocycles. The normalized spacial score (nSPS) is 14.4. The topological polar surface area (TPSA) is 49.7 Å². The molecule has 0 radical (unpaired) electrons. The van der Waals surface area contributed by atoms with Gasteiger partial charge in [-0.25, -0.2) is 4.99 Å². The lowest BCUT2D eigenvalue weighted by Crippen LogP contribution is -1.99. The highest BCUT2D eigenvalue weighted by atomic mass is 16.3. The van der Waals surface area contributed by atoms with Crippen LogP contribution in [0.15, 0.2) is 41.4 Å². The fourth-order valence-electron chi connectivity index (χ4n) is 2.28. The molecular formula is C18H21NO2. The number of carbonyl (C=O) groups is 1. The Morgan fingerprint density at radius 1 is 0.905 bits per heavy atom. The molecule has 0 bridgehead atoms. The number of ketones is 1. The highest BCUT2D eigenvalue weighted by Gasteiger charge is 2.15. The van der Waals surface area contributed by atoms with Crippen molar-refractivity contribution in [3.05, 3.63) is 47.6 Å². The Bertz CT molecular complexity index is 602. The number of rotatable bonds is 3. The summed E-state index contributed by atoms with van der Waals surface area (Å²) in [5, 5.41) is 10.4. The molecule has 1 aromatic carbocycles. The van der Waals surface area contributed by atoms with Gasteiger partial charge in [0.25, 0.3) is 0 Å². The summed E-state index contributed by atoms with van der Waals surface area (Å²) in [7, 11) is 0. The molecule has 2 rings (SSSR count). The van der Waals surface area contributed by atoms with Crippen LogP contribution in [0.4, 0.5) is 5.69 Å². The van der Waals surface area contributed by atoms with Crippen molar-refractivity contribution < 1.29 is 9.90 Å². The van der Waals surface area contributed by atoms with Crippen LogP contribution in [0.25, 0.3) is 0 Å². The SMILES string of the molecule is CC(C)c1cc(N=C2C=CC(=O)C=C2)cc(C(C)C)c1O. The summed E-state index contributed by atoms with van der Waals surface area (Å²) in [6, 6.07) is 3.83. The number of phenolic OH excluding ortho intramolecular Hbond substituents is 1. The molecule has 0 atom stereocenters. The van der Waals surface area contributed by atoms with E-state index >= 15 is 0 Å². The van der Waals surface area contributed by atoms with Crippen molar-refractivity contribution in [2.75, 3.05) is 0 Å². The fraction of sp³-hybridized carbons (Fsp3) is 0.333. The summed E-state index contributed by atoms with van der Waals surface area (Å²) in [6.45, 7) is 8.20. The molecular weight excluding hydrogens is 262 g/mol. The predicted octanol–water partition coefficient (Wildman–Crippen LogP) is 4.41.